The van der Waals surface area contributed by atoms with Crippen LogP contribution < -0.4 is 0 Å². The summed E-state index contributed by atoms with van der Waals surface area (Å²) in [6.45, 7) is 0. The summed E-state index contributed by atoms with van der Waals surface area (Å²) >= 11 is 7.09. The minimum Gasteiger partial charge on any atom is -0.241 e. The molecule has 2 aromatic rings. The van der Waals surface area contributed by atoms with Crippen LogP contribution in [0.25, 0.3) is 10.9 Å². The summed E-state index contributed by atoms with van der Waals surface area (Å²) in [4.78, 5) is 4.54. The Bertz CT molecular complexity index is 542. The van der Waals surface area contributed by atoms with Gasteiger partial charge in [0.15, 0.2) is 0 Å². The number of aromatic nitrogens is 1. The molecule has 0 fully saturated rings. The predicted octanol–water partition coefficient (Wildman–Crippen LogP) is 3.57. The lowest BCUT2D eigenvalue weighted by Gasteiger charge is -1.99. The normalized spacial score (nSPS) is 9.81. The Labute approximate surface area is 104 Å². The van der Waals surface area contributed by atoms with Crippen LogP contribution in [-0.4, -0.2) is 16.6 Å². The summed E-state index contributed by atoms with van der Waals surface area (Å²) < 4.78 is 0. The van der Waals surface area contributed by atoms with E-state index in [0.717, 1.165) is 16.3 Å². The molecule has 0 atom stereocenters. The van der Waals surface area contributed by atoms with Crippen molar-refractivity contribution in [3.8, 4) is 11.8 Å². The van der Waals surface area contributed by atoms with Crippen molar-refractivity contribution in [1.82, 2.24) is 4.98 Å². The Morgan fingerprint density at radius 2 is 2.00 bits per heavy atom. The predicted molar refractivity (Wildman–Crippen MR) is 71.0 cm³/mol. The Hall–Kier alpha value is -1.17. The van der Waals surface area contributed by atoms with E-state index in [1.54, 1.807) is 11.8 Å². The first-order valence-corrected chi connectivity index (χ1v) is 6.42. The topological polar surface area (TPSA) is 12.9 Å². The third kappa shape index (κ3) is 2.91. The maximum atomic E-state index is 5.46. The molecule has 0 amide bonds. The maximum absolute atomic E-state index is 5.46. The molecular weight excluding hydrogens is 238 g/mol. The van der Waals surface area contributed by atoms with Gasteiger partial charge in [0.25, 0.3) is 0 Å². The fourth-order valence-corrected chi connectivity index (χ4v) is 2.08. The molecule has 1 aromatic heterocycles. The quantitative estimate of drug-likeness (QED) is 0.457. The molecule has 1 aromatic carbocycles. The minimum absolute atomic E-state index is 0.395. The number of benzene rings is 1. The van der Waals surface area contributed by atoms with Crippen LogP contribution in [0.2, 0.25) is 0 Å². The van der Waals surface area contributed by atoms with E-state index in [0.29, 0.717) is 5.88 Å². The molecule has 0 aliphatic heterocycles. The highest BCUT2D eigenvalue weighted by Gasteiger charge is 1.96. The number of para-hydroxylation sites is 1. The minimum atomic E-state index is 0.395. The SMILES string of the molecule is ClCC#CCSc1ccc2ccccc2n1. The average molecular weight is 248 g/mol. The highest BCUT2D eigenvalue weighted by molar-refractivity contribution is 7.99. The summed E-state index contributed by atoms with van der Waals surface area (Å²) in [5.41, 5.74) is 1.03. The van der Waals surface area contributed by atoms with E-state index in [-0.39, 0.29) is 0 Å². The van der Waals surface area contributed by atoms with Crippen LogP contribution >= 0.6 is 23.4 Å². The van der Waals surface area contributed by atoms with Gasteiger partial charge in [-0.2, -0.15) is 0 Å². The fraction of sp³-hybridized carbons (Fsp3) is 0.154. The van der Waals surface area contributed by atoms with Crippen molar-refractivity contribution < 1.29 is 0 Å². The average Bonchev–Trinajstić information content (AvgIpc) is 2.34. The summed E-state index contributed by atoms with van der Waals surface area (Å²) in [6.07, 6.45) is 0. The lowest BCUT2D eigenvalue weighted by atomic mass is 10.2. The second-order valence-corrected chi connectivity index (χ2v) is 4.38. The number of hydrogen-bond acceptors (Lipinski definition) is 2. The number of pyridine rings is 1. The Morgan fingerprint density at radius 3 is 2.88 bits per heavy atom. The highest BCUT2D eigenvalue weighted by atomic mass is 35.5. The zero-order chi connectivity index (χ0) is 11.2. The molecule has 0 bridgehead atoms. The van der Waals surface area contributed by atoms with Gasteiger partial charge in [-0.1, -0.05) is 47.9 Å². The van der Waals surface area contributed by atoms with Crippen molar-refractivity contribution in [1.29, 1.82) is 0 Å². The van der Waals surface area contributed by atoms with Crippen molar-refractivity contribution in [3.63, 3.8) is 0 Å². The monoisotopic (exact) mass is 247 g/mol. The molecule has 1 heterocycles. The zero-order valence-corrected chi connectivity index (χ0v) is 10.2. The molecule has 0 radical (unpaired) electrons. The van der Waals surface area contributed by atoms with Gasteiger partial charge >= 0.3 is 0 Å². The number of fused-ring (bicyclic) bond motifs is 1. The van der Waals surface area contributed by atoms with E-state index in [2.05, 4.69) is 29.0 Å². The summed E-state index contributed by atoms with van der Waals surface area (Å²) in [5.74, 6) is 6.92. The first-order chi connectivity index (χ1) is 7.90. The standard InChI is InChI=1S/C13H10ClNS/c14-9-3-4-10-16-13-8-7-11-5-1-2-6-12(11)15-13/h1-2,5-8H,9-10H2. The first-order valence-electron chi connectivity index (χ1n) is 4.90. The van der Waals surface area contributed by atoms with Gasteiger partial charge in [-0.15, -0.1) is 11.6 Å². The van der Waals surface area contributed by atoms with Gasteiger partial charge < -0.3 is 0 Å². The molecule has 0 aliphatic carbocycles. The van der Waals surface area contributed by atoms with Crippen LogP contribution in [0.4, 0.5) is 0 Å². The molecule has 3 heteroatoms. The molecule has 0 saturated heterocycles. The lowest BCUT2D eigenvalue weighted by Crippen LogP contribution is -1.83. The van der Waals surface area contributed by atoms with Crippen LogP contribution in [0.3, 0.4) is 0 Å². The van der Waals surface area contributed by atoms with E-state index in [9.17, 15) is 0 Å². The highest BCUT2D eigenvalue weighted by Crippen LogP contribution is 2.19. The van der Waals surface area contributed by atoms with E-state index in [1.165, 1.54) is 5.39 Å². The van der Waals surface area contributed by atoms with Crippen molar-refractivity contribution in [3.05, 3.63) is 36.4 Å². The molecule has 0 aliphatic rings. The number of nitrogens with zero attached hydrogens (tertiary/aromatic N) is 1. The fourth-order valence-electron chi connectivity index (χ4n) is 1.34. The second-order valence-electron chi connectivity index (χ2n) is 3.12. The van der Waals surface area contributed by atoms with Gasteiger partial charge in [-0.3, -0.25) is 0 Å². The van der Waals surface area contributed by atoms with E-state index >= 15 is 0 Å². The molecule has 0 saturated carbocycles. The maximum Gasteiger partial charge on any atom is 0.0976 e. The number of halogens is 1. The lowest BCUT2D eigenvalue weighted by molar-refractivity contribution is 1.19. The van der Waals surface area contributed by atoms with Crippen LogP contribution in [0.15, 0.2) is 41.4 Å². The molecule has 0 unspecified atom stereocenters. The van der Waals surface area contributed by atoms with Crippen LogP contribution in [0.5, 0.6) is 0 Å². The summed E-state index contributed by atoms with van der Waals surface area (Å²) in [5, 5.41) is 2.17. The van der Waals surface area contributed by atoms with Gasteiger partial charge in [-0.25, -0.2) is 4.98 Å². The molecule has 1 nitrogen and oxygen atoms in total. The molecular formula is C13H10ClNS. The third-order valence-electron chi connectivity index (χ3n) is 2.06. The van der Waals surface area contributed by atoms with Crippen molar-refractivity contribution in [2.24, 2.45) is 0 Å². The number of rotatable bonds is 2. The van der Waals surface area contributed by atoms with E-state index < -0.39 is 0 Å². The van der Waals surface area contributed by atoms with Crippen molar-refractivity contribution >= 4 is 34.3 Å². The Kier molecular flexibility index (Phi) is 4.10. The van der Waals surface area contributed by atoms with Gasteiger partial charge in [0.05, 0.1) is 22.2 Å². The van der Waals surface area contributed by atoms with Crippen LogP contribution in [0, 0.1) is 11.8 Å². The van der Waals surface area contributed by atoms with Gasteiger partial charge in [0.2, 0.25) is 0 Å². The summed E-state index contributed by atoms with van der Waals surface area (Å²) in [6, 6.07) is 12.2. The van der Waals surface area contributed by atoms with Crippen molar-refractivity contribution in [2.75, 3.05) is 11.6 Å². The molecule has 0 spiro atoms. The Morgan fingerprint density at radius 1 is 1.12 bits per heavy atom. The van der Waals surface area contributed by atoms with Gasteiger partial charge in [0.1, 0.15) is 0 Å². The number of alkyl halides is 1. The summed E-state index contributed by atoms with van der Waals surface area (Å²) in [7, 11) is 0. The van der Waals surface area contributed by atoms with E-state index in [1.807, 2.05) is 24.3 Å². The third-order valence-corrected chi connectivity index (χ3v) is 3.00. The number of thioether (sulfide) groups is 1. The largest absolute Gasteiger partial charge is 0.241 e. The Balaban J connectivity index is 2.13. The van der Waals surface area contributed by atoms with Gasteiger partial charge in [0, 0.05) is 5.39 Å². The van der Waals surface area contributed by atoms with Gasteiger partial charge in [-0.05, 0) is 12.1 Å². The molecule has 80 valence electrons. The van der Waals surface area contributed by atoms with Crippen LogP contribution in [-0.2, 0) is 0 Å². The smallest absolute Gasteiger partial charge is 0.0976 e. The van der Waals surface area contributed by atoms with E-state index in [4.69, 9.17) is 11.6 Å². The second kappa shape index (κ2) is 5.79. The molecule has 2 rings (SSSR count). The number of hydrogen-bond donors (Lipinski definition) is 0. The molecule has 0 N–H and O–H groups in total. The van der Waals surface area contributed by atoms with Crippen LogP contribution in [0.1, 0.15) is 0 Å². The zero-order valence-electron chi connectivity index (χ0n) is 8.61. The first kappa shape index (κ1) is 11.3. The van der Waals surface area contributed by atoms with Crippen molar-refractivity contribution in [2.45, 2.75) is 5.03 Å². The molecule has 16 heavy (non-hydrogen) atoms.